The molecule has 0 atom stereocenters. The summed E-state index contributed by atoms with van der Waals surface area (Å²) in [6, 6.07) is 8.86. The van der Waals surface area contributed by atoms with Gasteiger partial charge in [-0.15, -0.1) is 0 Å². The van der Waals surface area contributed by atoms with Gasteiger partial charge in [0.15, 0.2) is 0 Å². The van der Waals surface area contributed by atoms with Crippen molar-refractivity contribution in [2.45, 2.75) is 50.0 Å². The quantitative estimate of drug-likeness (QED) is 0.931. The molecule has 0 heterocycles. The van der Waals surface area contributed by atoms with E-state index in [0.29, 0.717) is 18.8 Å². The molecule has 0 unspecified atom stereocenters. The maximum atomic E-state index is 12.4. The molecule has 0 aliphatic heterocycles. The molecule has 0 bridgehead atoms. The van der Waals surface area contributed by atoms with E-state index >= 15 is 0 Å². The summed E-state index contributed by atoms with van der Waals surface area (Å²) in [5.41, 5.74) is 0.0568. The fourth-order valence-electron chi connectivity index (χ4n) is 2.53. The predicted octanol–water partition coefficient (Wildman–Crippen LogP) is 2.75. The van der Waals surface area contributed by atoms with Gasteiger partial charge in [0.05, 0.1) is 11.0 Å². The first-order chi connectivity index (χ1) is 9.37. The summed E-state index contributed by atoms with van der Waals surface area (Å²) in [7, 11) is -3.64. The van der Waals surface area contributed by atoms with Crippen molar-refractivity contribution in [3.05, 3.63) is 29.8 Å². The van der Waals surface area contributed by atoms with Gasteiger partial charge in [0.25, 0.3) is 0 Å². The fraction of sp³-hybridized carbons (Fsp3) is 0.533. The first-order valence-electron chi connectivity index (χ1n) is 6.89. The third-order valence-corrected chi connectivity index (χ3v) is 5.56. The van der Waals surface area contributed by atoms with Gasteiger partial charge in [-0.25, -0.2) is 8.42 Å². The Labute approximate surface area is 120 Å². The predicted molar refractivity (Wildman–Crippen MR) is 77.5 cm³/mol. The minimum Gasteiger partial charge on any atom is -0.207 e. The summed E-state index contributed by atoms with van der Waals surface area (Å²) in [4.78, 5) is 0.219. The molecular formula is C15H20N2O2S. The summed E-state index contributed by atoms with van der Waals surface area (Å²) in [6.07, 6.45) is 2.92. The molecular weight excluding hydrogens is 272 g/mol. The van der Waals surface area contributed by atoms with Gasteiger partial charge in [0.1, 0.15) is 5.54 Å². The Morgan fingerprint density at radius 3 is 2.30 bits per heavy atom. The molecule has 0 radical (unpaired) electrons. The van der Waals surface area contributed by atoms with Gasteiger partial charge in [-0.05, 0) is 50.7 Å². The smallest absolute Gasteiger partial charge is 0.207 e. The van der Waals surface area contributed by atoms with Gasteiger partial charge >= 0.3 is 0 Å². The van der Waals surface area contributed by atoms with Crippen LogP contribution in [0.1, 0.15) is 38.2 Å². The Morgan fingerprint density at radius 1 is 1.25 bits per heavy atom. The molecule has 1 fully saturated rings. The van der Waals surface area contributed by atoms with Crippen molar-refractivity contribution >= 4 is 10.0 Å². The number of rotatable bonds is 3. The van der Waals surface area contributed by atoms with E-state index in [1.165, 1.54) is 0 Å². The zero-order valence-electron chi connectivity index (χ0n) is 11.9. The highest BCUT2D eigenvalue weighted by Gasteiger charge is 2.38. The Hall–Kier alpha value is -1.38. The summed E-state index contributed by atoms with van der Waals surface area (Å²) >= 11 is 0. The fourth-order valence-corrected chi connectivity index (χ4v) is 3.90. The van der Waals surface area contributed by atoms with E-state index in [9.17, 15) is 13.7 Å². The molecule has 1 aliphatic carbocycles. The monoisotopic (exact) mass is 292 g/mol. The minimum atomic E-state index is -3.64. The van der Waals surface area contributed by atoms with Crippen LogP contribution in [0.25, 0.3) is 0 Å². The third kappa shape index (κ3) is 3.20. The summed E-state index contributed by atoms with van der Waals surface area (Å²) < 4.78 is 27.4. The summed E-state index contributed by atoms with van der Waals surface area (Å²) in [5.74, 6) is 0.556. The van der Waals surface area contributed by atoms with Gasteiger partial charge in [0.2, 0.25) is 10.0 Å². The van der Waals surface area contributed by atoms with E-state index in [0.717, 1.165) is 18.4 Å². The van der Waals surface area contributed by atoms with E-state index in [1.807, 2.05) is 6.92 Å². The maximum absolute atomic E-state index is 12.4. The Balaban J connectivity index is 2.23. The van der Waals surface area contributed by atoms with E-state index in [1.54, 1.807) is 24.3 Å². The lowest BCUT2D eigenvalue weighted by molar-refractivity contribution is 0.278. The molecule has 0 amide bonds. The molecule has 0 saturated heterocycles. The normalized spacial score (nSPS) is 26.9. The number of nitriles is 1. The number of nitrogens with one attached hydrogen (secondary N) is 1. The highest BCUT2D eigenvalue weighted by atomic mass is 32.2. The Morgan fingerprint density at radius 2 is 1.80 bits per heavy atom. The van der Waals surface area contributed by atoms with Gasteiger partial charge in [-0.2, -0.15) is 9.98 Å². The zero-order valence-corrected chi connectivity index (χ0v) is 12.7. The van der Waals surface area contributed by atoms with Crippen LogP contribution in [0.15, 0.2) is 29.2 Å². The van der Waals surface area contributed by atoms with Crippen LogP contribution in [-0.2, 0) is 10.0 Å². The highest BCUT2D eigenvalue weighted by Crippen LogP contribution is 2.32. The van der Waals surface area contributed by atoms with Crippen LogP contribution in [0.5, 0.6) is 0 Å². The number of hydrogen-bond acceptors (Lipinski definition) is 3. The maximum Gasteiger partial charge on any atom is 0.241 e. The van der Waals surface area contributed by atoms with Crippen molar-refractivity contribution in [3.8, 4) is 6.07 Å². The number of hydrogen-bond donors (Lipinski definition) is 1. The lowest BCUT2D eigenvalue weighted by Gasteiger charge is -2.34. The molecule has 4 nitrogen and oxygen atoms in total. The molecule has 1 aliphatic rings. The average molecular weight is 292 g/mol. The molecule has 2 rings (SSSR count). The van der Waals surface area contributed by atoms with Gasteiger partial charge in [0, 0.05) is 0 Å². The van der Waals surface area contributed by atoms with Gasteiger partial charge < -0.3 is 0 Å². The van der Waals surface area contributed by atoms with Gasteiger partial charge in [-0.1, -0.05) is 24.6 Å². The topological polar surface area (TPSA) is 70.0 Å². The van der Waals surface area contributed by atoms with E-state index in [4.69, 9.17) is 0 Å². The van der Waals surface area contributed by atoms with Crippen LogP contribution in [0.4, 0.5) is 0 Å². The number of aryl methyl sites for hydroxylation is 1. The third-order valence-electron chi connectivity index (χ3n) is 4.00. The molecule has 1 aromatic rings. The molecule has 5 heteroatoms. The summed E-state index contributed by atoms with van der Waals surface area (Å²) in [6.45, 7) is 4.04. The SMILES string of the molecule is Cc1ccc(S(=O)(=O)NC2(C#N)CCC(C)CC2)cc1. The first kappa shape index (κ1) is 15.0. The van der Waals surface area contributed by atoms with Crippen molar-refractivity contribution in [2.24, 2.45) is 5.92 Å². The van der Waals surface area contributed by atoms with Crippen molar-refractivity contribution in [1.82, 2.24) is 4.72 Å². The summed E-state index contributed by atoms with van der Waals surface area (Å²) in [5, 5.41) is 9.41. The molecule has 1 saturated carbocycles. The molecule has 1 N–H and O–H groups in total. The van der Waals surface area contributed by atoms with Crippen LogP contribution in [0.2, 0.25) is 0 Å². The van der Waals surface area contributed by atoms with Crippen LogP contribution in [-0.4, -0.2) is 14.0 Å². The van der Waals surface area contributed by atoms with E-state index in [-0.39, 0.29) is 4.90 Å². The Kier molecular flexibility index (Phi) is 4.17. The number of sulfonamides is 1. The first-order valence-corrected chi connectivity index (χ1v) is 8.37. The van der Waals surface area contributed by atoms with E-state index < -0.39 is 15.6 Å². The van der Waals surface area contributed by atoms with Crippen LogP contribution >= 0.6 is 0 Å². The van der Waals surface area contributed by atoms with Gasteiger partial charge in [-0.3, -0.25) is 0 Å². The van der Waals surface area contributed by atoms with Crippen LogP contribution in [0, 0.1) is 24.2 Å². The molecule has 1 aromatic carbocycles. The van der Waals surface area contributed by atoms with Crippen molar-refractivity contribution in [3.63, 3.8) is 0 Å². The second-order valence-corrected chi connectivity index (χ2v) is 7.48. The largest absolute Gasteiger partial charge is 0.241 e. The molecule has 0 aromatic heterocycles. The minimum absolute atomic E-state index is 0.219. The van der Waals surface area contributed by atoms with E-state index in [2.05, 4.69) is 17.7 Å². The van der Waals surface area contributed by atoms with Crippen LogP contribution in [0.3, 0.4) is 0 Å². The van der Waals surface area contributed by atoms with Crippen molar-refractivity contribution in [2.75, 3.05) is 0 Å². The van der Waals surface area contributed by atoms with Crippen LogP contribution < -0.4 is 4.72 Å². The lowest BCUT2D eigenvalue weighted by atomic mass is 9.79. The average Bonchev–Trinajstić information content (AvgIpc) is 2.42. The zero-order chi connectivity index (χ0) is 14.8. The lowest BCUT2D eigenvalue weighted by Crippen LogP contribution is -2.49. The number of benzene rings is 1. The van der Waals surface area contributed by atoms with Crippen molar-refractivity contribution in [1.29, 1.82) is 5.26 Å². The highest BCUT2D eigenvalue weighted by molar-refractivity contribution is 7.89. The molecule has 108 valence electrons. The number of nitrogens with zero attached hydrogens (tertiary/aromatic N) is 1. The molecule has 0 spiro atoms. The second-order valence-electron chi connectivity index (χ2n) is 5.79. The second kappa shape index (κ2) is 5.55. The molecule has 20 heavy (non-hydrogen) atoms. The standard InChI is InChI=1S/C15H20N2O2S/c1-12-3-5-14(6-4-12)20(18,19)17-15(11-16)9-7-13(2)8-10-15/h3-6,13,17H,7-10H2,1-2H3. The Bertz CT molecular complexity index is 606. The van der Waals surface area contributed by atoms with Crippen molar-refractivity contribution < 1.29 is 8.42 Å².